The molecule has 1 aliphatic rings. The number of phenolic OH excluding ortho intramolecular Hbond substituents is 2. The quantitative estimate of drug-likeness (QED) is 0.636. The SMILES string of the molecule is OCCNCc1cc2c(cc1O)OC=C(c1ccc(O)cc1)C2. The molecule has 1 aliphatic heterocycles. The van der Waals surface area contributed by atoms with E-state index in [0.29, 0.717) is 25.3 Å². The van der Waals surface area contributed by atoms with E-state index in [2.05, 4.69) is 5.32 Å². The molecule has 0 aromatic heterocycles. The Morgan fingerprint density at radius 1 is 1.09 bits per heavy atom. The number of nitrogens with one attached hydrogen (secondary N) is 1. The van der Waals surface area contributed by atoms with Gasteiger partial charge in [-0.25, -0.2) is 0 Å². The second kappa shape index (κ2) is 6.73. The molecule has 120 valence electrons. The van der Waals surface area contributed by atoms with Gasteiger partial charge < -0.3 is 25.4 Å². The van der Waals surface area contributed by atoms with Crippen molar-refractivity contribution in [2.24, 2.45) is 0 Å². The lowest BCUT2D eigenvalue weighted by Gasteiger charge is -2.19. The van der Waals surface area contributed by atoms with E-state index in [4.69, 9.17) is 9.84 Å². The zero-order chi connectivity index (χ0) is 16.2. The van der Waals surface area contributed by atoms with E-state index >= 15 is 0 Å². The third-order valence-corrected chi connectivity index (χ3v) is 3.81. The molecular formula is C18H19NO4. The van der Waals surface area contributed by atoms with E-state index in [-0.39, 0.29) is 18.1 Å². The van der Waals surface area contributed by atoms with Gasteiger partial charge in [0, 0.05) is 31.1 Å². The van der Waals surface area contributed by atoms with Gasteiger partial charge in [-0.3, -0.25) is 0 Å². The first-order valence-corrected chi connectivity index (χ1v) is 7.49. The summed E-state index contributed by atoms with van der Waals surface area (Å²) >= 11 is 0. The van der Waals surface area contributed by atoms with E-state index in [9.17, 15) is 10.2 Å². The number of aliphatic hydroxyl groups is 1. The molecule has 5 nitrogen and oxygen atoms in total. The van der Waals surface area contributed by atoms with Gasteiger partial charge in [0.15, 0.2) is 0 Å². The van der Waals surface area contributed by atoms with E-state index in [1.54, 1.807) is 24.5 Å². The zero-order valence-corrected chi connectivity index (χ0v) is 12.6. The summed E-state index contributed by atoms with van der Waals surface area (Å²) in [6, 6.07) is 10.5. The largest absolute Gasteiger partial charge is 0.508 e. The number of allylic oxidation sites excluding steroid dienone is 1. The van der Waals surface area contributed by atoms with Gasteiger partial charge >= 0.3 is 0 Å². The number of aliphatic hydroxyl groups excluding tert-OH is 1. The second-order valence-corrected chi connectivity index (χ2v) is 5.47. The summed E-state index contributed by atoms with van der Waals surface area (Å²) in [6.07, 6.45) is 2.37. The molecule has 3 rings (SSSR count). The highest BCUT2D eigenvalue weighted by molar-refractivity contribution is 5.70. The molecule has 2 aromatic rings. The molecule has 0 atom stereocenters. The molecule has 5 heteroatoms. The molecule has 0 bridgehead atoms. The van der Waals surface area contributed by atoms with Crippen LogP contribution in [0.5, 0.6) is 17.2 Å². The Morgan fingerprint density at radius 2 is 1.87 bits per heavy atom. The minimum absolute atomic E-state index is 0.0581. The third kappa shape index (κ3) is 3.47. The van der Waals surface area contributed by atoms with Crippen molar-refractivity contribution >= 4 is 5.57 Å². The van der Waals surface area contributed by atoms with Crippen molar-refractivity contribution in [2.75, 3.05) is 13.2 Å². The first kappa shape index (κ1) is 15.4. The maximum atomic E-state index is 10.0. The van der Waals surface area contributed by atoms with Gasteiger partial charge in [0.05, 0.1) is 12.9 Å². The van der Waals surface area contributed by atoms with Gasteiger partial charge in [-0.1, -0.05) is 12.1 Å². The summed E-state index contributed by atoms with van der Waals surface area (Å²) < 4.78 is 5.64. The maximum absolute atomic E-state index is 10.0. The van der Waals surface area contributed by atoms with Crippen LogP contribution in [-0.4, -0.2) is 28.5 Å². The van der Waals surface area contributed by atoms with Gasteiger partial charge in [-0.05, 0) is 34.9 Å². The fraction of sp³-hybridized carbons (Fsp3) is 0.222. The number of hydrogen-bond donors (Lipinski definition) is 4. The average molecular weight is 313 g/mol. The molecule has 0 saturated heterocycles. The lowest BCUT2D eigenvalue weighted by atomic mass is 9.95. The molecule has 0 saturated carbocycles. The second-order valence-electron chi connectivity index (χ2n) is 5.47. The van der Waals surface area contributed by atoms with Crippen LogP contribution in [0.15, 0.2) is 42.7 Å². The summed E-state index contributed by atoms with van der Waals surface area (Å²) in [4.78, 5) is 0. The first-order chi connectivity index (χ1) is 11.2. The Labute approximate surface area is 134 Å². The van der Waals surface area contributed by atoms with Gasteiger partial charge in [0.25, 0.3) is 0 Å². The molecule has 0 fully saturated rings. The Hall–Kier alpha value is -2.50. The standard InChI is InChI=1S/C18H19NO4/c20-6-5-19-10-14-7-13-8-15(11-23-18(13)9-17(14)22)12-1-3-16(21)4-2-12/h1-4,7,9,11,19-22H,5-6,8,10H2. The summed E-state index contributed by atoms with van der Waals surface area (Å²) in [5.74, 6) is 1.06. The number of ether oxygens (including phenoxy) is 1. The van der Waals surface area contributed by atoms with Gasteiger partial charge in [-0.2, -0.15) is 0 Å². The summed E-state index contributed by atoms with van der Waals surface area (Å²) in [5, 5.41) is 31.3. The predicted molar refractivity (Wildman–Crippen MR) is 87.3 cm³/mol. The van der Waals surface area contributed by atoms with Crippen LogP contribution in [0.25, 0.3) is 5.57 Å². The Bertz CT molecular complexity index is 723. The Kier molecular flexibility index (Phi) is 4.50. The van der Waals surface area contributed by atoms with Gasteiger partial charge in [-0.15, -0.1) is 0 Å². The van der Waals surface area contributed by atoms with Crippen LogP contribution in [0, 0.1) is 0 Å². The summed E-state index contributed by atoms with van der Waals surface area (Å²) in [7, 11) is 0. The number of phenols is 2. The number of fused-ring (bicyclic) bond motifs is 1. The average Bonchev–Trinajstić information content (AvgIpc) is 2.56. The van der Waals surface area contributed by atoms with Crippen molar-refractivity contribution in [1.82, 2.24) is 5.32 Å². The minimum atomic E-state index is 0.0581. The maximum Gasteiger partial charge on any atom is 0.133 e. The lowest BCUT2D eigenvalue weighted by Crippen LogP contribution is -2.17. The fourth-order valence-corrected chi connectivity index (χ4v) is 2.58. The highest BCUT2D eigenvalue weighted by Gasteiger charge is 2.17. The third-order valence-electron chi connectivity index (χ3n) is 3.81. The van der Waals surface area contributed by atoms with Crippen molar-refractivity contribution in [3.63, 3.8) is 0 Å². The van der Waals surface area contributed by atoms with Crippen LogP contribution in [-0.2, 0) is 13.0 Å². The zero-order valence-electron chi connectivity index (χ0n) is 12.6. The highest BCUT2D eigenvalue weighted by Crippen LogP contribution is 2.35. The van der Waals surface area contributed by atoms with Crippen LogP contribution >= 0.6 is 0 Å². The summed E-state index contributed by atoms with van der Waals surface area (Å²) in [5.41, 5.74) is 3.76. The van der Waals surface area contributed by atoms with Crippen molar-refractivity contribution in [1.29, 1.82) is 0 Å². The van der Waals surface area contributed by atoms with Crippen molar-refractivity contribution in [3.8, 4) is 17.2 Å². The fourth-order valence-electron chi connectivity index (χ4n) is 2.58. The monoisotopic (exact) mass is 313 g/mol. The smallest absolute Gasteiger partial charge is 0.133 e. The van der Waals surface area contributed by atoms with Crippen LogP contribution in [0.2, 0.25) is 0 Å². The summed E-state index contributed by atoms with van der Waals surface area (Å²) in [6.45, 7) is 1.02. The predicted octanol–water partition coefficient (Wildman–Crippen LogP) is 2.16. The highest BCUT2D eigenvalue weighted by atomic mass is 16.5. The lowest BCUT2D eigenvalue weighted by molar-refractivity contribution is 0.291. The molecule has 4 N–H and O–H groups in total. The molecular weight excluding hydrogens is 294 g/mol. The minimum Gasteiger partial charge on any atom is -0.508 e. The number of benzene rings is 2. The van der Waals surface area contributed by atoms with Crippen LogP contribution in [0.4, 0.5) is 0 Å². The van der Waals surface area contributed by atoms with Gasteiger partial charge in [0.1, 0.15) is 17.2 Å². The molecule has 0 spiro atoms. The topological polar surface area (TPSA) is 82.0 Å². The number of aromatic hydroxyl groups is 2. The van der Waals surface area contributed by atoms with E-state index < -0.39 is 0 Å². The van der Waals surface area contributed by atoms with E-state index in [0.717, 1.165) is 22.3 Å². The number of hydrogen-bond acceptors (Lipinski definition) is 5. The van der Waals surface area contributed by atoms with Gasteiger partial charge in [0.2, 0.25) is 0 Å². The van der Waals surface area contributed by atoms with E-state index in [1.807, 2.05) is 18.2 Å². The molecule has 23 heavy (non-hydrogen) atoms. The van der Waals surface area contributed by atoms with Crippen LogP contribution in [0.1, 0.15) is 16.7 Å². The molecule has 0 aliphatic carbocycles. The van der Waals surface area contributed by atoms with Crippen molar-refractivity contribution < 1.29 is 20.1 Å². The molecule has 0 radical (unpaired) electrons. The van der Waals surface area contributed by atoms with Crippen LogP contribution in [0.3, 0.4) is 0 Å². The normalized spacial score (nSPS) is 13.2. The first-order valence-electron chi connectivity index (χ1n) is 7.49. The molecule has 0 amide bonds. The van der Waals surface area contributed by atoms with Crippen LogP contribution < -0.4 is 10.1 Å². The molecule has 1 heterocycles. The Morgan fingerprint density at radius 3 is 2.61 bits per heavy atom. The Balaban J connectivity index is 1.81. The molecule has 2 aromatic carbocycles. The van der Waals surface area contributed by atoms with Crippen molar-refractivity contribution in [2.45, 2.75) is 13.0 Å². The number of rotatable bonds is 5. The van der Waals surface area contributed by atoms with Crippen molar-refractivity contribution in [3.05, 3.63) is 59.4 Å². The molecule has 0 unspecified atom stereocenters. The van der Waals surface area contributed by atoms with E-state index in [1.165, 1.54) is 0 Å².